The van der Waals surface area contributed by atoms with Crippen molar-refractivity contribution in [2.24, 2.45) is 5.10 Å². The summed E-state index contributed by atoms with van der Waals surface area (Å²) in [5.41, 5.74) is 3.40. The first-order valence-electron chi connectivity index (χ1n) is 10.4. The lowest BCUT2D eigenvalue weighted by atomic mass is 9.98. The molecule has 7 nitrogen and oxygen atoms in total. The minimum absolute atomic E-state index is 0.0598. The van der Waals surface area contributed by atoms with Crippen LogP contribution in [0.2, 0.25) is 0 Å². The molecule has 1 aromatic heterocycles. The van der Waals surface area contributed by atoms with Crippen LogP contribution in [0, 0.1) is 0 Å². The van der Waals surface area contributed by atoms with Crippen LogP contribution in [0.4, 0.5) is 5.69 Å². The summed E-state index contributed by atoms with van der Waals surface area (Å²) < 4.78 is 5.25. The predicted molar refractivity (Wildman–Crippen MR) is 122 cm³/mol. The van der Waals surface area contributed by atoms with Gasteiger partial charge in [-0.3, -0.25) is 14.6 Å². The van der Waals surface area contributed by atoms with Crippen LogP contribution >= 0.6 is 0 Å². The summed E-state index contributed by atoms with van der Waals surface area (Å²) in [6.07, 6.45) is 3.93. The third-order valence-corrected chi connectivity index (χ3v) is 5.28. The number of benzene rings is 2. The molecule has 2 amide bonds. The maximum Gasteiger partial charge on any atom is 0.243 e. The van der Waals surface area contributed by atoms with Crippen molar-refractivity contribution in [3.05, 3.63) is 90.3 Å². The number of hydrazone groups is 1. The highest BCUT2D eigenvalue weighted by Gasteiger charge is 2.33. The Morgan fingerprint density at radius 2 is 1.81 bits per heavy atom. The second-order valence-electron chi connectivity index (χ2n) is 7.43. The second-order valence-corrected chi connectivity index (χ2v) is 7.43. The number of nitrogens with zero attached hydrogens (tertiary/aromatic N) is 3. The molecule has 162 valence electrons. The van der Waals surface area contributed by atoms with Crippen LogP contribution in [0.1, 0.15) is 36.4 Å². The average molecular weight is 428 g/mol. The smallest absolute Gasteiger partial charge is 0.243 e. The van der Waals surface area contributed by atoms with E-state index in [0.29, 0.717) is 12.1 Å². The third kappa shape index (κ3) is 5.00. The van der Waals surface area contributed by atoms with E-state index >= 15 is 0 Å². The molecule has 0 saturated heterocycles. The molecular weight excluding hydrogens is 404 g/mol. The summed E-state index contributed by atoms with van der Waals surface area (Å²) in [6, 6.07) is 20.7. The molecule has 0 saturated carbocycles. The van der Waals surface area contributed by atoms with Crippen molar-refractivity contribution in [2.45, 2.75) is 25.3 Å². The van der Waals surface area contributed by atoms with Crippen molar-refractivity contribution in [3.8, 4) is 5.75 Å². The standard InChI is InChI=1S/C25H24N4O3/c1-32-21-11-9-19(10-12-21)23-16-22(18-6-3-2-4-7-18)28-29(23)25(31)14-13-24(30)27-20-8-5-15-26-17-20/h2-12,15,17,23H,13-14,16H2,1H3,(H,27,30). The molecule has 2 heterocycles. The van der Waals surface area contributed by atoms with Crippen LogP contribution in [-0.4, -0.2) is 34.6 Å². The number of ether oxygens (including phenoxy) is 1. The molecule has 7 heteroatoms. The molecule has 1 atom stereocenters. The van der Waals surface area contributed by atoms with Crippen LogP contribution in [0.25, 0.3) is 0 Å². The van der Waals surface area contributed by atoms with Gasteiger partial charge in [0.2, 0.25) is 11.8 Å². The Hall–Kier alpha value is -4.00. The topological polar surface area (TPSA) is 83.9 Å². The highest BCUT2D eigenvalue weighted by Crippen LogP contribution is 2.34. The number of carbonyl (C=O) groups excluding carboxylic acids is 2. The van der Waals surface area contributed by atoms with E-state index in [4.69, 9.17) is 4.74 Å². The molecule has 1 aliphatic heterocycles. The van der Waals surface area contributed by atoms with Gasteiger partial charge in [-0.1, -0.05) is 42.5 Å². The van der Waals surface area contributed by atoms with E-state index in [2.05, 4.69) is 15.4 Å². The Bertz CT molecular complexity index is 1100. The maximum absolute atomic E-state index is 13.1. The first-order chi connectivity index (χ1) is 15.6. The van der Waals surface area contributed by atoms with E-state index in [-0.39, 0.29) is 30.7 Å². The minimum atomic E-state index is -0.237. The van der Waals surface area contributed by atoms with Gasteiger partial charge in [0.25, 0.3) is 0 Å². The summed E-state index contributed by atoms with van der Waals surface area (Å²) >= 11 is 0. The number of rotatable bonds is 7. The second kappa shape index (κ2) is 9.87. The average Bonchev–Trinajstić information content (AvgIpc) is 3.29. The van der Waals surface area contributed by atoms with Crippen LogP contribution in [0.5, 0.6) is 5.75 Å². The highest BCUT2D eigenvalue weighted by molar-refractivity contribution is 6.03. The van der Waals surface area contributed by atoms with Gasteiger partial charge >= 0.3 is 0 Å². The van der Waals surface area contributed by atoms with Crippen LogP contribution in [-0.2, 0) is 9.59 Å². The van der Waals surface area contributed by atoms with Gasteiger partial charge in [0.15, 0.2) is 0 Å². The lowest BCUT2D eigenvalue weighted by Crippen LogP contribution is -2.28. The van der Waals surface area contributed by atoms with E-state index in [0.717, 1.165) is 22.6 Å². The first-order valence-corrected chi connectivity index (χ1v) is 10.4. The van der Waals surface area contributed by atoms with Gasteiger partial charge in [-0.25, -0.2) is 5.01 Å². The number of aromatic nitrogens is 1. The molecule has 0 radical (unpaired) electrons. The van der Waals surface area contributed by atoms with Gasteiger partial charge in [-0.05, 0) is 35.4 Å². The van der Waals surface area contributed by atoms with Crippen molar-refractivity contribution in [1.29, 1.82) is 0 Å². The zero-order valence-corrected chi connectivity index (χ0v) is 17.8. The largest absolute Gasteiger partial charge is 0.497 e. The normalized spacial score (nSPS) is 15.2. The highest BCUT2D eigenvalue weighted by atomic mass is 16.5. The Labute approximate surface area is 186 Å². The molecule has 1 aliphatic rings. The molecule has 4 rings (SSSR count). The zero-order valence-electron chi connectivity index (χ0n) is 17.8. The maximum atomic E-state index is 13.1. The van der Waals surface area contributed by atoms with Crippen molar-refractivity contribution in [3.63, 3.8) is 0 Å². The molecule has 2 aromatic carbocycles. The molecule has 0 fully saturated rings. The SMILES string of the molecule is COc1ccc(C2CC(c3ccccc3)=NN2C(=O)CCC(=O)Nc2cccnc2)cc1. The number of amides is 2. The number of methoxy groups -OCH3 is 1. The predicted octanol–water partition coefficient (Wildman–Crippen LogP) is 4.19. The molecule has 3 aromatic rings. The fourth-order valence-electron chi connectivity index (χ4n) is 3.63. The molecule has 32 heavy (non-hydrogen) atoms. The molecule has 1 N–H and O–H groups in total. The van der Waals surface area contributed by atoms with Crippen molar-refractivity contribution >= 4 is 23.2 Å². The quantitative estimate of drug-likeness (QED) is 0.612. The molecular formula is C25H24N4O3. The fraction of sp³-hybridized carbons (Fsp3) is 0.200. The lowest BCUT2D eigenvalue weighted by Gasteiger charge is -2.22. The van der Waals surface area contributed by atoms with E-state index in [1.165, 1.54) is 5.01 Å². The van der Waals surface area contributed by atoms with Gasteiger partial charge in [0, 0.05) is 25.5 Å². The molecule has 0 aliphatic carbocycles. The van der Waals surface area contributed by atoms with Crippen molar-refractivity contribution in [1.82, 2.24) is 9.99 Å². The Morgan fingerprint density at radius 1 is 1.03 bits per heavy atom. The van der Waals surface area contributed by atoms with E-state index < -0.39 is 0 Å². The van der Waals surface area contributed by atoms with Gasteiger partial charge in [0.05, 0.1) is 30.7 Å². The number of carbonyl (C=O) groups is 2. The molecule has 0 spiro atoms. The lowest BCUT2D eigenvalue weighted by molar-refractivity contribution is -0.134. The van der Waals surface area contributed by atoms with Crippen LogP contribution in [0.15, 0.2) is 84.2 Å². The summed E-state index contributed by atoms with van der Waals surface area (Å²) in [6.45, 7) is 0. The number of anilines is 1. The number of hydrogen-bond donors (Lipinski definition) is 1. The Morgan fingerprint density at radius 3 is 2.50 bits per heavy atom. The summed E-state index contributed by atoms with van der Waals surface area (Å²) in [5.74, 6) is 0.317. The van der Waals surface area contributed by atoms with E-state index in [9.17, 15) is 9.59 Å². The van der Waals surface area contributed by atoms with Crippen molar-refractivity contribution < 1.29 is 14.3 Å². The van der Waals surface area contributed by atoms with Gasteiger partial charge < -0.3 is 10.1 Å². The van der Waals surface area contributed by atoms with Crippen LogP contribution < -0.4 is 10.1 Å². The molecule has 0 bridgehead atoms. The number of hydrogen-bond acceptors (Lipinski definition) is 5. The monoisotopic (exact) mass is 428 g/mol. The Kier molecular flexibility index (Phi) is 6.55. The Balaban J connectivity index is 1.49. The van der Waals surface area contributed by atoms with E-state index in [1.54, 1.807) is 31.6 Å². The van der Waals surface area contributed by atoms with Gasteiger partial charge in [0.1, 0.15) is 5.75 Å². The summed E-state index contributed by atoms with van der Waals surface area (Å²) in [7, 11) is 1.62. The fourth-order valence-corrected chi connectivity index (χ4v) is 3.63. The van der Waals surface area contributed by atoms with Crippen molar-refractivity contribution in [2.75, 3.05) is 12.4 Å². The third-order valence-electron chi connectivity index (χ3n) is 5.28. The van der Waals surface area contributed by atoms with Gasteiger partial charge in [-0.15, -0.1) is 0 Å². The summed E-state index contributed by atoms with van der Waals surface area (Å²) in [5, 5.41) is 8.92. The zero-order chi connectivity index (χ0) is 22.3. The van der Waals surface area contributed by atoms with Gasteiger partial charge in [-0.2, -0.15) is 5.10 Å². The van der Waals surface area contributed by atoms with E-state index in [1.807, 2.05) is 54.6 Å². The molecule has 1 unspecified atom stereocenters. The first kappa shape index (κ1) is 21.2. The number of nitrogens with one attached hydrogen (secondary N) is 1. The van der Waals surface area contributed by atoms with Crippen LogP contribution in [0.3, 0.4) is 0 Å². The minimum Gasteiger partial charge on any atom is -0.497 e. The summed E-state index contributed by atoms with van der Waals surface area (Å²) in [4.78, 5) is 29.3. The number of pyridine rings is 1.